The highest BCUT2D eigenvalue weighted by Crippen LogP contribution is 2.41. The number of carbonyl (C=O) groups is 1. The molecule has 0 saturated heterocycles. The third-order valence-corrected chi connectivity index (χ3v) is 5.90. The molecule has 0 aliphatic carbocycles. The van der Waals surface area contributed by atoms with Crippen LogP contribution in [0.1, 0.15) is 27.8 Å². The highest BCUT2D eigenvalue weighted by atomic mass is 19.4. The third-order valence-electron chi connectivity index (χ3n) is 5.90. The summed E-state index contributed by atoms with van der Waals surface area (Å²) in [6, 6.07) is 18.6. The van der Waals surface area contributed by atoms with Gasteiger partial charge in [-0.2, -0.15) is 26.3 Å². The maximum absolute atomic E-state index is 13.2. The van der Waals surface area contributed by atoms with Crippen LogP contribution in [0.5, 0.6) is 0 Å². The van der Waals surface area contributed by atoms with E-state index in [-0.39, 0.29) is 11.6 Å². The summed E-state index contributed by atoms with van der Waals surface area (Å²) in [6.07, 6.45) is -9.98. The maximum Gasteiger partial charge on any atom is 0.416 e. The molecule has 0 amide bonds. The van der Waals surface area contributed by atoms with Crippen LogP contribution in [0.4, 0.5) is 26.3 Å². The molecule has 198 valence electrons. The molecule has 1 unspecified atom stereocenters. The van der Waals surface area contributed by atoms with Crippen molar-refractivity contribution in [1.82, 2.24) is 0 Å². The van der Waals surface area contributed by atoms with Crippen molar-refractivity contribution in [2.75, 3.05) is 20.8 Å². The first-order chi connectivity index (χ1) is 17.4. The first-order valence-corrected chi connectivity index (χ1v) is 11.0. The maximum atomic E-state index is 13.2. The first-order valence-electron chi connectivity index (χ1n) is 11.0. The van der Waals surface area contributed by atoms with Crippen LogP contribution in [0.2, 0.25) is 0 Å². The van der Waals surface area contributed by atoms with Gasteiger partial charge >= 0.3 is 18.3 Å². The van der Waals surface area contributed by atoms with E-state index in [2.05, 4.69) is 0 Å². The van der Waals surface area contributed by atoms with Crippen molar-refractivity contribution in [3.05, 3.63) is 107 Å². The Bertz CT molecular complexity index is 1110. The van der Waals surface area contributed by atoms with Crippen molar-refractivity contribution < 1.29 is 45.3 Å². The highest BCUT2D eigenvalue weighted by molar-refractivity contribution is 5.75. The van der Waals surface area contributed by atoms with Gasteiger partial charge in [0.2, 0.25) is 0 Å². The normalized spacial score (nSPS) is 13.3. The van der Waals surface area contributed by atoms with Crippen molar-refractivity contribution >= 4 is 5.97 Å². The standard InChI is InChI=1S/C27H24F6O4/c1-35-24(34)23(25(36-2,19-9-5-3-6-10-19)20-11-7-4-8-12-20)17-37-16-18-13-21(26(28,29)30)15-22(14-18)27(31,32)33/h3-15,23H,16-17H2,1-2H3. The lowest BCUT2D eigenvalue weighted by Gasteiger charge is -2.39. The van der Waals surface area contributed by atoms with Crippen LogP contribution in [0.3, 0.4) is 0 Å². The van der Waals surface area contributed by atoms with Crippen LogP contribution in [0, 0.1) is 5.92 Å². The number of ether oxygens (including phenoxy) is 3. The Morgan fingerprint density at radius 1 is 0.730 bits per heavy atom. The molecule has 4 nitrogen and oxygen atoms in total. The molecule has 0 aliphatic rings. The van der Waals surface area contributed by atoms with E-state index in [0.29, 0.717) is 23.3 Å². The zero-order chi connectivity index (χ0) is 27.3. The zero-order valence-electron chi connectivity index (χ0n) is 19.9. The second kappa shape index (κ2) is 11.4. The Morgan fingerprint density at radius 2 is 1.19 bits per heavy atom. The average molecular weight is 526 g/mol. The van der Waals surface area contributed by atoms with Crippen LogP contribution >= 0.6 is 0 Å². The summed E-state index contributed by atoms with van der Waals surface area (Å²) < 4.78 is 95.9. The molecule has 0 bridgehead atoms. The minimum Gasteiger partial charge on any atom is -0.469 e. The summed E-state index contributed by atoms with van der Waals surface area (Å²) >= 11 is 0. The molecule has 3 aromatic carbocycles. The van der Waals surface area contributed by atoms with Gasteiger partial charge in [0.15, 0.2) is 0 Å². The van der Waals surface area contributed by atoms with E-state index < -0.39 is 54.2 Å². The molecular formula is C27H24F6O4. The van der Waals surface area contributed by atoms with E-state index in [1.165, 1.54) is 7.11 Å². The fourth-order valence-corrected chi connectivity index (χ4v) is 4.21. The number of alkyl halides is 6. The number of carbonyl (C=O) groups excluding carboxylic acids is 1. The second-order valence-electron chi connectivity index (χ2n) is 8.18. The second-order valence-corrected chi connectivity index (χ2v) is 8.18. The van der Waals surface area contributed by atoms with Crippen molar-refractivity contribution in [3.8, 4) is 0 Å². The van der Waals surface area contributed by atoms with Crippen LogP contribution in [0.25, 0.3) is 0 Å². The van der Waals surface area contributed by atoms with Gasteiger partial charge in [0.1, 0.15) is 11.5 Å². The van der Waals surface area contributed by atoms with Crippen LogP contribution in [-0.2, 0) is 43.6 Å². The van der Waals surface area contributed by atoms with E-state index in [1.54, 1.807) is 60.7 Å². The van der Waals surface area contributed by atoms with Gasteiger partial charge in [-0.1, -0.05) is 60.7 Å². The molecule has 0 heterocycles. The monoisotopic (exact) mass is 526 g/mol. The molecule has 10 heteroatoms. The number of halogens is 6. The smallest absolute Gasteiger partial charge is 0.416 e. The Labute approximate surface area is 209 Å². The van der Waals surface area contributed by atoms with E-state index in [4.69, 9.17) is 14.2 Å². The van der Waals surface area contributed by atoms with Gasteiger partial charge in [-0.15, -0.1) is 0 Å². The molecule has 1 atom stereocenters. The average Bonchev–Trinajstić information content (AvgIpc) is 2.88. The minimum absolute atomic E-state index is 0.0432. The molecule has 3 rings (SSSR count). The summed E-state index contributed by atoms with van der Waals surface area (Å²) in [6.45, 7) is -1.05. The highest BCUT2D eigenvalue weighted by Gasteiger charge is 2.47. The SMILES string of the molecule is COC(=O)C(COCc1cc(C(F)(F)F)cc(C(F)(F)F)c1)C(OC)(c1ccccc1)c1ccccc1. The summed E-state index contributed by atoms with van der Waals surface area (Å²) in [5.74, 6) is -1.91. The minimum atomic E-state index is -4.99. The van der Waals surface area contributed by atoms with Crippen molar-refractivity contribution in [2.24, 2.45) is 5.92 Å². The first kappa shape index (κ1) is 28.2. The molecule has 0 aromatic heterocycles. The molecule has 0 fully saturated rings. The molecule has 0 spiro atoms. The largest absolute Gasteiger partial charge is 0.469 e. The molecule has 37 heavy (non-hydrogen) atoms. The van der Waals surface area contributed by atoms with Gasteiger partial charge in [0, 0.05) is 7.11 Å². The molecule has 3 aromatic rings. The van der Waals surface area contributed by atoms with E-state index in [1.807, 2.05) is 0 Å². The molecule has 0 aliphatic heterocycles. The Morgan fingerprint density at radius 3 is 1.57 bits per heavy atom. The fraction of sp³-hybridized carbons (Fsp3) is 0.296. The quantitative estimate of drug-likeness (QED) is 0.232. The lowest BCUT2D eigenvalue weighted by atomic mass is 9.76. The predicted molar refractivity (Wildman–Crippen MR) is 122 cm³/mol. The fourth-order valence-electron chi connectivity index (χ4n) is 4.21. The van der Waals surface area contributed by atoms with Gasteiger partial charge < -0.3 is 14.2 Å². The van der Waals surface area contributed by atoms with E-state index in [0.717, 1.165) is 7.11 Å². The Hall–Kier alpha value is -3.37. The lowest BCUT2D eigenvalue weighted by Crippen LogP contribution is -2.45. The third kappa shape index (κ3) is 6.31. The summed E-state index contributed by atoms with van der Waals surface area (Å²) in [5, 5.41) is 0. The number of benzene rings is 3. The van der Waals surface area contributed by atoms with E-state index >= 15 is 0 Å². The van der Waals surface area contributed by atoms with Crippen LogP contribution in [-0.4, -0.2) is 26.8 Å². The number of methoxy groups -OCH3 is 2. The predicted octanol–water partition coefficient (Wildman–Crippen LogP) is 6.62. The van der Waals surface area contributed by atoms with Gasteiger partial charge in [0.05, 0.1) is 31.5 Å². The molecule has 0 radical (unpaired) electrons. The van der Waals surface area contributed by atoms with Crippen molar-refractivity contribution in [3.63, 3.8) is 0 Å². The van der Waals surface area contributed by atoms with Gasteiger partial charge in [-0.3, -0.25) is 4.79 Å². The van der Waals surface area contributed by atoms with Crippen LogP contribution in [0.15, 0.2) is 78.9 Å². The summed E-state index contributed by atoms with van der Waals surface area (Å²) in [5.41, 5.74) is -3.55. The number of hydrogen-bond donors (Lipinski definition) is 0. The van der Waals surface area contributed by atoms with Gasteiger partial charge in [-0.25, -0.2) is 0 Å². The van der Waals surface area contributed by atoms with Gasteiger partial charge in [-0.05, 0) is 34.9 Å². The number of esters is 1. The Balaban J connectivity index is 2.00. The zero-order valence-corrected chi connectivity index (χ0v) is 19.9. The topological polar surface area (TPSA) is 44.8 Å². The molecule has 0 saturated carbocycles. The van der Waals surface area contributed by atoms with E-state index in [9.17, 15) is 31.1 Å². The number of rotatable bonds is 9. The summed E-state index contributed by atoms with van der Waals surface area (Å²) in [7, 11) is 2.55. The summed E-state index contributed by atoms with van der Waals surface area (Å²) in [4.78, 5) is 13.0. The van der Waals surface area contributed by atoms with Crippen molar-refractivity contribution in [1.29, 1.82) is 0 Å². The molecular weight excluding hydrogens is 502 g/mol. The van der Waals surface area contributed by atoms with Crippen LogP contribution < -0.4 is 0 Å². The van der Waals surface area contributed by atoms with Gasteiger partial charge in [0.25, 0.3) is 0 Å². The molecule has 0 N–H and O–H groups in total. The Kier molecular flexibility index (Phi) is 8.65. The lowest BCUT2D eigenvalue weighted by molar-refractivity contribution is -0.161. The number of hydrogen-bond acceptors (Lipinski definition) is 4. The van der Waals surface area contributed by atoms with Crippen molar-refractivity contribution in [2.45, 2.75) is 24.6 Å².